The molecule has 0 saturated carbocycles. The predicted molar refractivity (Wildman–Crippen MR) is 78.8 cm³/mol. The molecule has 1 aliphatic rings. The van der Waals surface area contributed by atoms with Crippen molar-refractivity contribution in [2.45, 2.75) is 44.2 Å². The van der Waals surface area contributed by atoms with Gasteiger partial charge < -0.3 is 14.8 Å². The highest BCUT2D eigenvalue weighted by Crippen LogP contribution is 2.30. The molecule has 1 unspecified atom stereocenters. The highest BCUT2D eigenvalue weighted by molar-refractivity contribution is 5.05. The van der Waals surface area contributed by atoms with E-state index in [9.17, 15) is 0 Å². The number of likely N-dealkylation sites (N-methyl/N-ethyl adjacent to an activating group) is 1. The molecule has 2 heterocycles. The summed E-state index contributed by atoms with van der Waals surface area (Å²) >= 11 is 0. The maximum atomic E-state index is 5.92. The van der Waals surface area contributed by atoms with Crippen molar-refractivity contribution in [2.75, 3.05) is 26.9 Å². The van der Waals surface area contributed by atoms with Crippen molar-refractivity contribution < 1.29 is 9.47 Å². The molecule has 1 aliphatic heterocycles. The van der Waals surface area contributed by atoms with Crippen LogP contribution in [0.5, 0.6) is 0 Å². The Kier molecular flexibility index (Phi) is 5.57. The molecule has 1 N–H and O–H groups in total. The van der Waals surface area contributed by atoms with Crippen molar-refractivity contribution in [2.24, 2.45) is 7.05 Å². The highest BCUT2D eigenvalue weighted by Gasteiger charge is 2.39. The SMILES string of the molecule is CCNC(CCc1cnn(C)c1)C1(OC)CCOCC1. The number of ether oxygens (including phenoxy) is 2. The van der Waals surface area contributed by atoms with E-state index in [0.29, 0.717) is 6.04 Å². The van der Waals surface area contributed by atoms with Gasteiger partial charge in [0, 0.05) is 52.5 Å². The summed E-state index contributed by atoms with van der Waals surface area (Å²) in [4.78, 5) is 0. The van der Waals surface area contributed by atoms with Gasteiger partial charge in [-0.15, -0.1) is 0 Å². The van der Waals surface area contributed by atoms with Gasteiger partial charge in [0.2, 0.25) is 0 Å². The Labute approximate surface area is 121 Å². The molecule has 2 rings (SSSR count). The van der Waals surface area contributed by atoms with Crippen LogP contribution in [0.25, 0.3) is 0 Å². The monoisotopic (exact) mass is 281 g/mol. The minimum atomic E-state index is -0.0868. The van der Waals surface area contributed by atoms with Crippen molar-refractivity contribution in [3.63, 3.8) is 0 Å². The van der Waals surface area contributed by atoms with E-state index in [-0.39, 0.29) is 5.60 Å². The molecule has 5 heteroatoms. The molecule has 114 valence electrons. The summed E-state index contributed by atoms with van der Waals surface area (Å²) in [7, 11) is 3.79. The van der Waals surface area contributed by atoms with E-state index in [1.54, 1.807) is 0 Å². The Balaban J connectivity index is 2.00. The first-order chi connectivity index (χ1) is 9.70. The summed E-state index contributed by atoms with van der Waals surface area (Å²) in [5, 5.41) is 7.85. The largest absolute Gasteiger partial charge is 0.381 e. The maximum absolute atomic E-state index is 5.92. The van der Waals surface area contributed by atoms with Crippen LogP contribution < -0.4 is 5.32 Å². The molecule has 1 atom stereocenters. The second kappa shape index (κ2) is 7.20. The normalized spacial score (nSPS) is 19.9. The molecule has 20 heavy (non-hydrogen) atoms. The maximum Gasteiger partial charge on any atom is 0.0874 e. The van der Waals surface area contributed by atoms with Gasteiger partial charge in [0.15, 0.2) is 0 Å². The standard InChI is InChI=1S/C15H27N3O2/c1-4-16-14(6-5-13-11-17-18(2)12-13)15(19-3)7-9-20-10-8-15/h11-12,14,16H,4-10H2,1-3H3. The van der Waals surface area contributed by atoms with Gasteiger partial charge in [-0.3, -0.25) is 4.68 Å². The smallest absolute Gasteiger partial charge is 0.0874 e. The molecule has 0 aromatic carbocycles. The molecule has 1 aromatic heterocycles. The second-order valence-corrected chi connectivity index (χ2v) is 5.55. The molecular weight excluding hydrogens is 254 g/mol. The number of aryl methyl sites for hydroxylation is 2. The first-order valence-corrected chi connectivity index (χ1v) is 7.54. The van der Waals surface area contributed by atoms with Crippen molar-refractivity contribution >= 4 is 0 Å². The molecule has 1 saturated heterocycles. The van der Waals surface area contributed by atoms with Crippen LogP contribution in [0.4, 0.5) is 0 Å². The number of nitrogens with zero attached hydrogens (tertiary/aromatic N) is 2. The van der Waals surface area contributed by atoms with E-state index in [4.69, 9.17) is 9.47 Å². The minimum absolute atomic E-state index is 0.0868. The lowest BCUT2D eigenvalue weighted by Crippen LogP contribution is -2.55. The zero-order valence-corrected chi connectivity index (χ0v) is 12.9. The lowest BCUT2D eigenvalue weighted by Gasteiger charge is -2.42. The summed E-state index contributed by atoms with van der Waals surface area (Å²) in [6.45, 7) is 4.70. The van der Waals surface area contributed by atoms with Crippen LogP contribution in [0, 0.1) is 0 Å². The van der Waals surface area contributed by atoms with E-state index in [1.165, 1.54) is 5.56 Å². The molecule has 0 spiro atoms. The molecule has 5 nitrogen and oxygen atoms in total. The third kappa shape index (κ3) is 3.59. The van der Waals surface area contributed by atoms with Crippen molar-refractivity contribution in [3.05, 3.63) is 18.0 Å². The quantitative estimate of drug-likeness (QED) is 0.823. The highest BCUT2D eigenvalue weighted by atomic mass is 16.5. The van der Waals surface area contributed by atoms with Crippen molar-refractivity contribution in [1.29, 1.82) is 0 Å². The van der Waals surface area contributed by atoms with Crippen LogP contribution in [0.2, 0.25) is 0 Å². The Morgan fingerprint density at radius 1 is 1.50 bits per heavy atom. The second-order valence-electron chi connectivity index (χ2n) is 5.55. The summed E-state index contributed by atoms with van der Waals surface area (Å²) in [6, 6.07) is 0.363. The zero-order valence-electron chi connectivity index (χ0n) is 12.9. The van der Waals surface area contributed by atoms with Crippen LogP contribution in [0.3, 0.4) is 0 Å². The average Bonchev–Trinajstić information content (AvgIpc) is 2.90. The van der Waals surface area contributed by atoms with E-state index in [1.807, 2.05) is 25.0 Å². The predicted octanol–water partition coefficient (Wildman–Crippen LogP) is 1.53. The van der Waals surface area contributed by atoms with Crippen LogP contribution >= 0.6 is 0 Å². The molecule has 1 fully saturated rings. The Bertz CT molecular complexity index is 400. The van der Waals surface area contributed by atoms with Gasteiger partial charge in [-0.1, -0.05) is 6.92 Å². The third-order valence-corrected chi connectivity index (χ3v) is 4.31. The summed E-state index contributed by atoms with van der Waals surface area (Å²) in [6.07, 6.45) is 8.06. The fraction of sp³-hybridized carbons (Fsp3) is 0.800. The number of nitrogens with one attached hydrogen (secondary N) is 1. The van der Waals surface area contributed by atoms with Gasteiger partial charge in [-0.2, -0.15) is 5.10 Å². The van der Waals surface area contributed by atoms with Gasteiger partial charge in [0.05, 0.1) is 11.8 Å². The summed E-state index contributed by atoms with van der Waals surface area (Å²) in [5.41, 5.74) is 1.20. The van der Waals surface area contributed by atoms with Crippen LogP contribution in [0.15, 0.2) is 12.4 Å². The lowest BCUT2D eigenvalue weighted by atomic mass is 9.83. The number of hydrogen-bond acceptors (Lipinski definition) is 4. The molecule has 0 radical (unpaired) electrons. The summed E-state index contributed by atoms with van der Waals surface area (Å²) in [5.74, 6) is 0. The van der Waals surface area contributed by atoms with E-state index in [0.717, 1.165) is 45.4 Å². The van der Waals surface area contributed by atoms with E-state index < -0.39 is 0 Å². The van der Waals surface area contributed by atoms with E-state index in [2.05, 4.69) is 23.5 Å². The fourth-order valence-electron chi connectivity index (χ4n) is 3.12. The van der Waals surface area contributed by atoms with Crippen molar-refractivity contribution in [3.8, 4) is 0 Å². The van der Waals surface area contributed by atoms with Gasteiger partial charge in [0.1, 0.15) is 0 Å². The van der Waals surface area contributed by atoms with Gasteiger partial charge in [0.25, 0.3) is 0 Å². The lowest BCUT2D eigenvalue weighted by molar-refractivity contribution is -0.111. The first-order valence-electron chi connectivity index (χ1n) is 7.54. The van der Waals surface area contributed by atoms with Crippen LogP contribution in [-0.4, -0.2) is 48.3 Å². The Morgan fingerprint density at radius 3 is 2.80 bits per heavy atom. The molecule has 1 aromatic rings. The van der Waals surface area contributed by atoms with Crippen molar-refractivity contribution in [1.82, 2.24) is 15.1 Å². The average molecular weight is 281 g/mol. The Morgan fingerprint density at radius 2 is 2.25 bits per heavy atom. The van der Waals surface area contributed by atoms with Gasteiger partial charge >= 0.3 is 0 Å². The van der Waals surface area contributed by atoms with Crippen LogP contribution in [0.1, 0.15) is 31.7 Å². The molecule has 0 amide bonds. The topological polar surface area (TPSA) is 48.3 Å². The fourth-order valence-corrected chi connectivity index (χ4v) is 3.12. The summed E-state index contributed by atoms with van der Waals surface area (Å²) < 4.78 is 13.3. The number of hydrogen-bond donors (Lipinski definition) is 1. The Hall–Kier alpha value is -0.910. The first kappa shape index (κ1) is 15.5. The van der Waals surface area contributed by atoms with Crippen LogP contribution in [-0.2, 0) is 22.9 Å². The number of rotatable bonds is 7. The molecule has 0 aliphatic carbocycles. The number of methoxy groups -OCH3 is 1. The van der Waals surface area contributed by atoms with Gasteiger partial charge in [-0.05, 0) is 24.9 Å². The molecule has 0 bridgehead atoms. The molecular formula is C15H27N3O2. The zero-order chi connectivity index (χ0) is 14.4. The third-order valence-electron chi connectivity index (χ3n) is 4.31. The van der Waals surface area contributed by atoms with Gasteiger partial charge in [-0.25, -0.2) is 0 Å². The van der Waals surface area contributed by atoms with E-state index >= 15 is 0 Å². The number of aromatic nitrogens is 2. The minimum Gasteiger partial charge on any atom is -0.381 e.